The summed E-state index contributed by atoms with van der Waals surface area (Å²) in [5.41, 5.74) is 1.13. The molecular formula is C22H29NO5. The Morgan fingerprint density at radius 3 is 2.21 bits per heavy atom. The van der Waals surface area contributed by atoms with E-state index in [9.17, 15) is 5.11 Å². The van der Waals surface area contributed by atoms with Crippen LogP contribution in [0.5, 0.6) is 23.0 Å². The highest BCUT2D eigenvalue weighted by Crippen LogP contribution is 2.31. The number of hydrogen-bond acceptors (Lipinski definition) is 6. The lowest BCUT2D eigenvalue weighted by atomic mass is 10.1. The Hall–Kier alpha value is -2.44. The lowest BCUT2D eigenvalue weighted by molar-refractivity contribution is 0.0626. The number of nitrogens with zero attached hydrogens (tertiary/aromatic N) is 1. The second-order valence-electron chi connectivity index (χ2n) is 6.99. The van der Waals surface area contributed by atoms with E-state index in [1.54, 1.807) is 21.3 Å². The number of hydrogen-bond donors (Lipinski definition) is 1. The van der Waals surface area contributed by atoms with Crippen molar-refractivity contribution in [3.63, 3.8) is 0 Å². The van der Waals surface area contributed by atoms with Gasteiger partial charge in [0.15, 0.2) is 11.5 Å². The first-order valence-corrected chi connectivity index (χ1v) is 9.52. The summed E-state index contributed by atoms with van der Waals surface area (Å²) in [5, 5.41) is 10.5. The molecule has 2 aromatic rings. The van der Waals surface area contributed by atoms with Gasteiger partial charge in [0.05, 0.1) is 21.3 Å². The molecule has 0 amide bonds. The van der Waals surface area contributed by atoms with E-state index in [1.807, 2.05) is 42.5 Å². The Morgan fingerprint density at radius 1 is 0.929 bits per heavy atom. The summed E-state index contributed by atoms with van der Waals surface area (Å²) in [5.74, 6) is 2.94. The quantitative estimate of drug-likeness (QED) is 0.639. The maximum atomic E-state index is 10.5. The van der Waals surface area contributed by atoms with E-state index in [4.69, 9.17) is 18.9 Å². The van der Waals surface area contributed by atoms with Gasteiger partial charge in [-0.25, -0.2) is 0 Å². The van der Waals surface area contributed by atoms with Crippen LogP contribution < -0.4 is 18.9 Å². The topological polar surface area (TPSA) is 60.4 Å². The number of ether oxygens (including phenoxy) is 4. The van der Waals surface area contributed by atoms with Gasteiger partial charge in [0.1, 0.15) is 24.2 Å². The molecule has 0 radical (unpaired) electrons. The Balaban J connectivity index is 1.55. The van der Waals surface area contributed by atoms with Crippen molar-refractivity contribution in [2.45, 2.75) is 31.5 Å². The maximum absolute atomic E-state index is 10.5. The number of aliphatic hydroxyl groups excluding tert-OH is 1. The molecule has 1 aliphatic carbocycles. The molecule has 152 valence electrons. The van der Waals surface area contributed by atoms with Crippen LogP contribution in [-0.2, 0) is 6.54 Å². The van der Waals surface area contributed by atoms with Gasteiger partial charge in [-0.1, -0.05) is 6.07 Å². The molecule has 0 aromatic heterocycles. The number of benzene rings is 2. The molecule has 3 rings (SSSR count). The van der Waals surface area contributed by atoms with Gasteiger partial charge < -0.3 is 24.1 Å². The molecule has 28 heavy (non-hydrogen) atoms. The number of rotatable bonds is 11. The van der Waals surface area contributed by atoms with E-state index in [0.29, 0.717) is 12.6 Å². The average Bonchev–Trinajstić information content (AvgIpc) is 3.57. The van der Waals surface area contributed by atoms with E-state index in [2.05, 4.69) is 4.90 Å². The molecule has 1 fully saturated rings. The standard InChI is InChI=1S/C22H29NO5/c1-25-19-7-9-20(10-8-19)28-15-18(24)14-23(17-5-6-17)13-16-4-11-21(26-2)22(12-16)27-3/h4,7-12,17-18,24H,5-6,13-15H2,1-3H3. The minimum Gasteiger partial charge on any atom is -0.497 e. The first kappa shape index (κ1) is 20.3. The van der Waals surface area contributed by atoms with Crippen molar-refractivity contribution in [1.29, 1.82) is 0 Å². The normalized spacial score (nSPS) is 14.6. The number of methoxy groups -OCH3 is 3. The lowest BCUT2D eigenvalue weighted by Crippen LogP contribution is -2.36. The van der Waals surface area contributed by atoms with Crippen LogP contribution in [0.2, 0.25) is 0 Å². The molecule has 1 atom stereocenters. The SMILES string of the molecule is COc1ccc(OCC(O)CN(Cc2ccc(OC)c(OC)c2)C2CC2)cc1. The van der Waals surface area contributed by atoms with Gasteiger partial charge in [0.2, 0.25) is 0 Å². The van der Waals surface area contributed by atoms with Gasteiger partial charge in [0.25, 0.3) is 0 Å². The molecule has 0 bridgehead atoms. The van der Waals surface area contributed by atoms with E-state index in [0.717, 1.165) is 35.1 Å². The van der Waals surface area contributed by atoms with E-state index >= 15 is 0 Å². The van der Waals surface area contributed by atoms with Crippen LogP contribution in [-0.4, -0.2) is 56.6 Å². The van der Waals surface area contributed by atoms with Crippen LogP contribution in [0.1, 0.15) is 18.4 Å². The van der Waals surface area contributed by atoms with Crippen molar-refractivity contribution in [3.05, 3.63) is 48.0 Å². The summed E-state index contributed by atoms with van der Waals surface area (Å²) in [4.78, 5) is 2.31. The molecule has 0 spiro atoms. The molecule has 1 unspecified atom stereocenters. The Kier molecular flexibility index (Phi) is 7.01. The molecule has 6 heteroatoms. The van der Waals surface area contributed by atoms with Crippen molar-refractivity contribution >= 4 is 0 Å². The van der Waals surface area contributed by atoms with Crippen LogP contribution in [0.3, 0.4) is 0 Å². The van der Waals surface area contributed by atoms with Crippen molar-refractivity contribution in [1.82, 2.24) is 4.90 Å². The third kappa shape index (κ3) is 5.53. The van der Waals surface area contributed by atoms with Crippen LogP contribution in [0.4, 0.5) is 0 Å². The molecule has 6 nitrogen and oxygen atoms in total. The van der Waals surface area contributed by atoms with Gasteiger partial charge >= 0.3 is 0 Å². The van der Waals surface area contributed by atoms with Crippen molar-refractivity contribution in [2.75, 3.05) is 34.5 Å². The third-order valence-electron chi connectivity index (χ3n) is 4.84. The monoisotopic (exact) mass is 387 g/mol. The maximum Gasteiger partial charge on any atom is 0.161 e. The zero-order valence-electron chi connectivity index (χ0n) is 16.8. The molecule has 0 saturated heterocycles. The minimum absolute atomic E-state index is 0.251. The highest BCUT2D eigenvalue weighted by atomic mass is 16.5. The summed E-state index contributed by atoms with van der Waals surface area (Å²) in [6.45, 7) is 1.57. The van der Waals surface area contributed by atoms with Gasteiger partial charge in [-0.2, -0.15) is 0 Å². The smallest absolute Gasteiger partial charge is 0.161 e. The van der Waals surface area contributed by atoms with Crippen LogP contribution in [0.25, 0.3) is 0 Å². The highest BCUT2D eigenvalue weighted by molar-refractivity contribution is 5.42. The predicted octanol–water partition coefficient (Wildman–Crippen LogP) is 3.12. The van der Waals surface area contributed by atoms with Crippen LogP contribution in [0, 0.1) is 0 Å². The predicted molar refractivity (Wildman–Crippen MR) is 107 cm³/mol. The summed E-state index contributed by atoms with van der Waals surface area (Å²) < 4.78 is 21.6. The third-order valence-corrected chi connectivity index (χ3v) is 4.84. The summed E-state index contributed by atoms with van der Waals surface area (Å²) in [6, 6.07) is 13.8. The van der Waals surface area contributed by atoms with Crippen LogP contribution in [0.15, 0.2) is 42.5 Å². The fourth-order valence-electron chi connectivity index (χ4n) is 3.18. The second kappa shape index (κ2) is 9.66. The van der Waals surface area contributed by atoms with Gasteiger partial charge in [-0.3, -0.25) is 4.90 Å². The van der Waals surface area contributed by atoms with Crippen molar-refractivity contribution in [2.24, 2.45) is 0 Å². The Labute approximate surface area is 166 Å². The average molecular weight is 387 g/mol. The first-order valence-electron chi connectivity index (χ1n) is 9.52. The van der Waals surface area contributed by atoms with Crippen LogP contribution >= 0.6 is 0 Å². The fraction of sp³-hybridized carbons (Fsp3) is 0.455. The first-order chi connectivity index (χ1) is 13.6. The highest BCUT2D eigenvalue weighted by Gasteiger charge is 2.30. The van der Waals surface area contributed by atoms with Gasteiger partial charge in [-0.15, -0.1) is 0 Å². The minimum atomic E-state index is -0.567. The lowest BCUT2D eigenvalue weighted by Gasteiger charge is -2.25. The van der Waals surface area contributed by atoms with E-state index < -0.39 is 6.10 Å². The van der Waals surface area contributed by atoms with Gasteiger partial charge in [-0.05, 0) is 54.8 Å². The van der Waals surface area contributed by atoms with E-state index in [1.165, 1.54) is 12.8 Å². The van der Waals surface area contributed by atoms with Gasteiger partial charge in [0, 0.05) is 19.1 Å². The molecule has 1 saturated carbocycles. The van der Waals surface area contributed by atoms with Crippen molar-refractivity contribution < 1.29 is 24.1 Å². The fourth-order valence-corrected chi connectivity index (χ4v) is 3.18. The van der Waals surface area contributed by atoms with Crippen molar-refractivity contribution in [3.8, 4) is 23.0 Å². The zero-order chi connectivity index (χ0) is 19.9. The summed E-state index contributed by atoms with van der Waals surface area (Å²) in [6.07, 6.45) is 1.77. The Bertz CT molecular complexity index is 745. The molecule has 2 aromatic carbocycles. The molecule has 1 N–H and O–H groups in total. The second-order valence-corrected chi connectivity index (χ2v) is 6.99. The van der Waals surface area contributed by atoms with E-state index in [-0.39, 0.29) is 6.61 Å². The Morgan fingerprint density at radius 2 is 1.61 bits per heavy atom. The summed E-state index contributed by atoms with van der Waals surface area (Å²) in [7, 11) is 4.90. The molecule has 0 heterocycles. The molecular weight excluding hydrogens is 358 g/mol. The number of aliphatic hydroxyl groups is 1. The zero-order valence-corrected chi connectivity index (χ0v) is 16.8. The molecule has 0 aliphatic heterocycles. The summed E-state index contributed by atoms with van der Waals surface area (Å²) >= 11 is 0. The largest absolute Gasteiger partial charge is 0.497 e. The molecule has 1 aliphatic rings.